The number of benzene rings is 2. The highest BCUT2D eigenvalue weighted by Gasteiger charge is 2.41. The van der Waals surface area contributed by atoms with E-state index in [0.717, 1.165) is 5.56 Å². The minimum Gasteiger partial charge on any atom is -0.456 e. The van der Waals surface area contributed by atoms with Crippen LogP contribution in [0.5, 0.6) is 11.5 Å². The van der Waals surface area contributed by atoms with Gasteiger partial charge in [-0.2, -0.15) is 4.31 Å². The maximum atomic E-state index is 13.4. The van der Waals surface area contributed by atoms with Crippen LogP contribution in [-0.4, -0.2) is 50.5 Å². The van der Waals surface area contributed by atoms with Crippen molar-refractivity contribution in [2.24, 2.45) is 0 Å². The lowest BCUT2D eigenvalue weighted by Gasteiger charge is -2.24. The van der Waals surface area contributed by atoms with Crippen molar-refractivity contribution >= 4 is 21.8 Å². The number of hydrogen-bond acceptors (Lipinski definition) is 7. The van der Waals surface area contributed by atoms with Crippen LogP contribution in [0.4, 0.5) is 0 Å². The van der Waals surface area contributed by atoms with Crippen LogP contribution in [-0.2, 0) is 19.6 Å². The van der Waals surface area contributed by atoms with E-state index in [-0.39, 0.29) is 18.2 Å². The average molecular weight is 460 g/mol. The van der Waals surface area contributed by atoms with Crippen LogP contribution in [0.3, 0.4) is 0 Å². The molecule has 0 spiro atoms. The molecule has 2 aliphatic heterocycles. The summed E-state index contributed by atoms with van der Waals surface area (Å²) in [6.45, 7) is 5.24. The second kappa shape index (κ2) is 8.55. The molecule has 2 aromatic rings. The van der Waals surface area contributed by atoms with Gasteiger partial charge < -0.3 is 14.2 Å². The lowest BCUT2D eigenvalue weighted by Crippen LogP contribution is -2.42. The van der Waals surface area contributed by atoms with Crippen molar-refractivity contribution in [3.63, 3.8) is 0 Å². The fraction of sp³-hybridized carbons (Fsp3) is 0.391. The number of nitrogens with zero attached hydrogens (tertiary/aromatic N) is 1. The smallest absolute Gasteiger partial charge is 0.324 e. The molecule has 9 heteroatoms. The zero-order chi connectivity index (χ0) is 23.0. The third kappa shape index (κ3) is 4.10. The fourth-order valence-electron chi connectivity index (χ4n) is 4.34. The van der Waals surface area contributed by atoms with Crippen LogP contribution >= 0.6 is 0 Å². The minimum absolute atomic E-state index is 0.0912. The number of aryl methyl sites for hydroxylation is 3. The van der Waals surface area contributed by atoms with Gasteiger partial charge in [0.25, 0.3) is 0 Å². The van der Waals surface area contributed by atoms with E-state index in [9.17, 15) is 18.0 Å². The van der Waals surface area contributed by atoms with Gasteiger partial charge in [-0.25, -0.2) is 8.42 Å². The molecule has 4 rings (SSSR count). The molecule has 1 saturated heterocycles. The molecule has 170 valence electrons. The van der Waals surface area contributed by atoms with E-state index < -0.39 is 34.4 Å². The van der Waals surface area contributed by atoms with E-state index >= 15 is 0 Å². The molecule has 2 aromatic carbocycles. The highest BCUT2D eigenvalue weighted by Crippen LogP contribution is 2.33. The number of hydrogen-bond donors (Lipinski definition) is 0. The average Bonchev–Trinajstić information content (AvgIpc) is 3.39. The van der Waals surface area contributed by atoms with Gasteiger partial charge in [0.2, 0.25) is 16.8 Å². The summed E-state index contributed by atoms with van der Waals surface area (Å²) >= 11 is 0. The summed E-state index contributed by atoms with van der Waals surface area (Å²) < 4.78 is 43.7. The molecule has 1 fully saturated rings. The predicted octanol–water partition coefficient (Wildman–Crippen LogP) is 2.92. The number of carbonyl (C=O) groups is 2. The summed E-state index contributed by atoms with van der Waals surface area (Å²) in [4.78, 5) is 25.5. The van der Waals surface area contributed by atoms with E-state index in [0.29, 0.717) is 41.0 Å². The lowest BCUT2D eigenvalue weighted by molar-refractivity contribution is -0.146. The van der Waals surface area contributed by atoms with Gasteiger partial charge >= 0.3 is 5.97 Å². The normalized spacial score (nSPS) is 18.0. The Balaban J connectivity index is 1.47. The number of fused-ring (bicyclic) bond motifs is 1. The molecule has 1 unspecified atom stereocenters. The van der Waals surface area contributed by atoms with Crippen molar-refractivity contribution in [3.8, 4) is 11.5 Å². The number of sulfonamides is 1. The Morgan fingerprint density at radius 2 is 1.75 bits per heavy atom. The first-order valence-electron chi connectivity index (χ1n) is 10.4. The lowest BCUT2D eigenvalue weighted by atomic mass is 10.1. The Hall–Kier alpha value is -2.91. The number of Topliss-reactive ketones (excluding diaryl/α,β-unsaturated/α-hetero) is 1. The fourth-order valence-corrected chi connectivity index (χ4v) is 6.40. The minimum atomic E-state index is -3.89. The zero-order valence-corrected chi connectivity index (χ0v) is 19.0. The van der Waals surface area contributed by atoms with Gasteiger partial charge in [0.05, 0.1) is 4.90 Å². The first kappa shape index (κ1) is 22.3. The van der Waals surface area contributed by atoms with Crippen molar-refractivity contribution in [1.82, 2.24) is 4.31 Å². The Morgan fingerprint density at radius 3 is 2.47 bits per heavy atom. The van der Waals surface area contributed by atoms with Gasteiger partial charge in [-0.3, -0.25) is 9.59 Å². The summed E-state index contributed by atoms with van der Waals surface area (Å²) in [6.07, 6.45) is 0.888. The number of ketones is 1. The summed E-state index contributed by atoms with van der Waals surface area (Å²) in [5.41, 5.74) is 2.57. The van der Waals surface area contributed by atoms with Crippen LogP contribution in [0.25, 0.3) is 0 Å². The maximum absolute atomic E-state index is 13.4. The summed E-state index contributed by atoms with van der Waals surface area (Å²) in [7, 11) is -3.89. The Kier molecular flexibility index (Phi) is 5.96. The molecule has 0 aliphatic carbocycles. The number of carbonyl (C=O) groups excluding carboxylic acids is 2. The van der Waals surface area contributed by atoms with Crippen molar-refractivity contribution in [2.45, 2.75) is 44.6 Å². The predicted molar refractivity (Wildman–Crippen MR) is 115 cm³/mol. The first-order valence-corrected chi connectivity index (χ1v) is 11.8. The summed E-state index contributed by atoms with van der Waals surface area (Å²) in [5, 5.41) is 0. The van der Waals surface area contributed by atoms with Gasteiger partial charge in [-0.1, -0.05) is 17.7 Å². The van der Waals surface area contributed by atoms with Crippen molar-refractivity contribution in [3.05, 3.63) is 52.6 Å². The van der Waals surface area contributed by atoms with E-state index in [4.69, 9.17) is 14.2 Å². The van der Waals surface area contributed by atoms with Crippen molar-refractivity contribution < 1.29 is 32.2 Å². The molecule has 32 heavy (non-hydrogen) atoms. The highest BCUT2D eigenvalue weighted by molar-refractivity contribution is 7.89. The Labute approximate surface area is 187 Å². The monoisotopic (exact) mass is 459 g/mol. The number of esters is 1. The highest BCUT2D eigenvalue weighted by atomic mass is 32.2. The van der Waals surface area contributed by atoms with Gasteiger partial charge in [0.1, 0.15) is 6.04 Å². The molecule has 0 radical (unpaired) electrons. The van der Waals surface area contributed by atoms with E-state index in [1.807, 2.05) is 19.1 Å². The number of ether oxygens (including phenoxy) is 3. The zero-order valence-electron chi connectivity index (χ0n) is 18.2. The molecular weight excluding hydrogens is 434 g/mol. The topological polar surface area (TPSA) is 99.2 Å². The van der Waals surface area contributed by atoms with Crippen LogP contribution in [0.15, 0.2) is 35.2 Å². The van der Waals surface area contributed by atoms with Gasteiger partial charge in [-0.15, -0.1) is 0 Å². The Morgan fingerprint density at radius 1 is 1.06 bits per heavy atom. The third-order valence-corrected chi connectivity index (χ3v) is 7.90. The molecular formula is C23H25NO7S. The summed E-state index contributed by atoms with van der Waals surface area (Å²) in [6, 6.07) is 7.40. The number of rotatable bonds is 6. The quantitative estimate of drug-likeness (QED) is 0.484. The van der Waals surface area contributed by atoms with Gasteiger partial charge in [-0.05, 0) is 62.9 Å². The second-order valence-corrected chi connectivity index (χ2v) is 9.93. The SMILES string of the molecule is Cc1cc(C)c(S(=O)(=O)N2CCCC2C(=O)OCC(=O)c2ccc3c(c2)OCO3)c(C)c1. The maximum Gasteiger partial charge on any atom is 0.324 e. The molecule has 0 saturated carbocycles. The van der Waals surface area contributed by atoms with Crippen LogP contribution in [0.2, 0.25) is 0 Å². The van der Waals surface area contributed by atoms with E-state index in [1.54, 1.807) is 26.0 Å². The van der Waals surface area contributed by atoms with Crippen LogP contribution in [0.1, 0.15) is 39.9 Å². The molecule has 0 aromatic heterocycles. The first-order chi connectivity index (χ1) is 15.2. The van der Waals surface area contributed by atoms with Gasteiger partial charge in [0, 0.05) is 12.1 Å². The van der Waals surface area contributed by atoms with Crippen molar-refractivity contribution in [1.29, 1.82) is 0 Å². The van der Waals surface area contributed by atoms with E-state index in [1.165, 1.54) is 10.4 Å². The van der Waals surface area contributed by atoms with Crippen LogP contribution < -0.4 is 9.47 Å². The standard InChI is InChI=1S/C23H25NO7S/c1-14-9-15(2)22(16(3)10-14)32(27,28)24-8-4-5-18(24)23(26)29-12-19(25)17-6-7-20-21(11-17)31-13-30-20/h6-7,9-11,18H,4-5,8,12-13H2,1-3H3. The molecule has 1 atom stereocenters. The molecule has 8 nitrogen and oxygen atoms in total. The van der Waals surface area contributed by atoms with E-state index in [2.05, 4.69) is 0 Å². The Bertz CT molecular complexity index is 1170. The molecule has 0 N–H and O–H groups in total. The summed E-state index contributed by atoms with van der Waals surface area (Å²) in [5.74, 6) is -0.122. The van der Waals surface area contributed by atoms with Crippen LogP contribution in [0, 0.1) is 20.8 Å². The molecule has 2 aliphatic rings. The largest absolute Gasteiger partial charge is 0.456 e. The molecule has 0 amide bonds. The molecule has 0 bridgehead atoms. The van der Waals surface area contributed by atoms with Crippen molar-refractivity contribution in [2.75, 3.05) is 19.9 Å². The second-order valence-electron chi connectivity index (χ2n) is 8.10. The van der Waals surface area contributed by atoms with Gasteiger partial charge in [0.15, 0.2) is 23.9 Å². The molecule has 2 heterocycles. The third-order valence-electron chi connectivity index (χ3n) is 5.69.